The monoisotopic (exact) mass is 359 g/mol. The van der Waals surface area contributed by atoms with Gasteiger partial charge in [0.15, 0.2) is 0 Å². The minimum absolute atomic E-state index is 0.141. The highest BCUT2D eigenvalue weighted by Crippen LogP contribution is 2.24. The molecule has 1 unspecified atom stereocenters. The van der Waals surface area contributed by atoms with Gasteiger partial charge in [-0.05, 0) is 62.4 Å². The van der Waals surface area contributed by atoms with Crippen LogP contribution in [0, 0.1) is 0 Å². The molecule has 1 aromatic carbocycles. The highest BCUT2D eigenvalue weighted by molar-refractivity contribution is 5.94. The van der Waals surface area contributed by atoms with Crippen LogP contribution in [0.1, 0.15) is 47.5 Å². The first-order chi connectivity index (χ1) is 12.7. The van der Waals surface area contributed by atoms with Crippen molar-refractivity contribution in [1.29, 1.82) is 0 Å². The summed E-state index contributed by atoms with van der Waals surface area (Å²) in [5.74, 6) is 0.678. The van der Waals surface area contributed by atoms with Gasteiger partial charge in [0.2, 0.25) is 0 Å². The molecule has 2 aliphatic rings. The Hall–Kier alpha value is -1.43. The number of unbranched alkanes of at least 4 members (excludes halogenated alkanes) is 1. The van der Waals surface area contributed by atoms with Gasteiger partial charge >= 0.3 is 0 Å². The predicted octanol–water partition coefficient (Wildman–Crippen LogP) is 2.34. The zero-order valence-corrected chi connectivity index (χ0v) is 16.1. The fourth-order valence-electron chi connectivity index (χ4n) is 3.89. The molecule has 1 aromatic rings. The molecule has 0 bridgehead atoms. The van der Waals surface area contributed by atoms with E-state index in [1.54, 1.807) is 0 Å². The molecule has 3 rings (SSSR count). The maximum absolute atomic E-state index is 12.8. The first kappa shape index (κ1) is 19.3. The standard InChI is InChI=1S/C21H33N3O2/c1-23(10-2-3-11-24-12-14-26-15-13-24)21(25)19-7-4-6-18(16-19)20-8-5-9-22-17-20/h4,6-7,16,20,22H,2-3,5,8-15,17H2,1H3. The van der Waals surface area contributed by atoms with Crippen molar-refractivity contribution in [3.8, 4) is 0 Å². The molecule has 1 N–H and O–H groups in total. The van der Waals surface area contributed by atoms with E-state index >= 15 is 0 Å². The third-order valence-corrected chi connectivity index (χ3v) is 5.57. The number of carbonyl (C=O) groups excluding carboxylic acids is 1. The molecule has 0 spiro atoms. The van der Waals surface area contributed by atoms with E-state index in [1.807, 2.05) is 24.1 Å². The number of morpholine rings is 1. The van der Waals surface area contributed by atoms with Gasteiger partial charge in [-0.2, -0.15) is 0 Å². The molecule has 1 amide bonds. The molecule has 2 aliphatic heterocycles. The normalized spacial score (nSPS) is 21.5. The molecule has 1 atom stereocenters. The van der Waals surface area contributed by atoms with Gasteiger partial charge in [-0.3, -0.25) is 9.69 Å². The Kier molecular flexibility index (Phi) is 7.47. The number of ether oxygens (including phenoxy) is 1. The van der Waals surface area contributed by atoms with Gasteiger partial charge in [0.05, 0.1) is 13.2 Å². The molecule has 0 radical (unpaired) electrons. The number of nitrogens with zero attached hydrogens (tertiary/aromatic N) is 2. The topological polar surface area (TPSA) is 44.8 Å². The van der Waals surface area contributed by atoms with Crippen LogP contribution in [0.2, 0.25) is 0 Å². The third kappa shape index (κ3) is 5.53. The molecular formula is C21H33N3O2. The highest BCUT2D eigenvalue weighted by atomic mass is 16.5. The largest absolute Gasteiger partial charge is 0.379 e. The van der Waals surface area contributed by atoms with E-state index in [1.165, 1.54) is 18.4 Å². The van der Waals surface area contributed by atoms with Gasteiger partial charge in [0.1, 0.15) is 0 Å². The minimum atomic E-state index is 0.141. The van der Waals surface area contributed by atoms with Gasteiger partial charge in [-0.1, -0.05) is 12.1 Å². The van der Waals surface area contributed by atoms with Crippen LogP contribution < -0.4 is 5.32 Å². The van der Waals surface area contributed by atoms with Crippen LogP contribution >= 0.6 is 0 Å². The Bertz CT molecular complexity index is 566. The maximum Gasteiger partial charge on any atom is 0.253 e. The lowest BCUT2D eigenvalue weighted by atomic mass is 9.90. The van der Waals surface area contributed by atoms with Crippen molar-refractivity contribution in [3.63, 3.8) is 0 Å². The molecular weight excluding hydrogens is 326 g/mol. The van der Waals surface area contributed by atoms with Gasteiger partial charge in [0, 0.05) is 38.8 Å². The second kappa shape index (κ2) is 10.0. The molecule has 144 valence electrons. The molecule has 2 saturated heterocycles. The van der Waals surface area contributed by atoms with Crippen LogP contribution in [0.15, 0.2) is 24.3 Å². The molecule has 0 aromatic heterocycles. The summed E-state index contributed by atoms with van der Waals surface area (Å²) in [6, 6.07) is 8.25. The van der Waals surface area contributed by atoms with Crippen molar-refractivity contribution in [2.24, 2.45) is 0 Å². The summed E-state index contributed by atoms with van der Waals surface area (Å²) in [5.41, 5.74) is 2.12. The summed E-state index contributed by atoms with van der Waals surface area (Å²) >= 11 is 0. The molecule has 2 fully saturated rings. The molecule has 5 heteroatoms. The van der Waals surface area contributed by atoms with Crippen LogP contribution in [0.5, 0.6) is 0 Å². The van der Waals surface area contributed by atoms with Crippen molar-refractivity contribution in [1.82, 2.24) is 15.1 Å². The van der Waals surface area contributed by atoms with Crippen LogP contribution in [0.3, 0.4) is 0 Å². The molecule has 0 saturated carbocycles. The highest BCUT2D eigenvalue weighted by Gasteiger charge is 2.18. The van der Waals surface area contributed by atoms with Crippen molar-refractivity contribution in [2.45, 2.75) is 31.6 Å². The molecule has 5 nitrogen and oxygen atoms in total. The smallest absolute Gasteiger partial charge is 0.253 e. The summed E-state index contributed by atoms with van der Waals surface area (Å²) in [5, 5.41) is 3.46. The fraction of sp³-hybridized carbons (Fsp3) is 0.667. The number of rotatable bonds is 7. The zero-order chi connectivity index (χ0) is 18.2. The predicted molar refractivity (Wildman–Crippen MR) is 105 cm³/mol. The minimum Gasteiger partial charge on any atom is -0.379 e. The summed E-state index contributed by atoms with van der Waals surface area (Å²) < 4.78 is 5.38. The van der Waals surface area contributed by atoms with Gasteiger partial charge < -0.3 is 15.0 Å². The Morgan fingerprint density at radius 2 is 2.15 bits per heavy atom. The number of piperidine rings is 1. The van der Waals surface area contributed by atoms with Crippen molar-refractivity contribution < 1.29 is 9.53 Å². The van der Waals surface area contributed by atoms with Crippen molar-refractivity contribution >= 4 is 5.91 Å². The Balaban J connectivity index is 1.45. The van der Waals surface area contributed by atoms with E-state index in [2.05, 4.69) is 22.3 Å². The lowest BCUT2D eigenvalue weighted by Crippen LogP contribution is -2.37. The average molecular weight is 360 g/mol. The second-order valence-corrected chi connectivity index (χ2v) is 7.56. The summed E-state index contributed by atoms with van der Waals surface area (Å²) in [4.78, 5) is 17.1. The number of hydrogen-bond donors (Lipinski definition) is 1. The van der Waals surface area contributed by atoms with Crippen molar-refractivity contribution in [2.75, 3.05) is 59.5 Å². The van der Waals surface area contributed by atoms with Crippen LogP contribution in [0.25, 0.3) is 0 Å². The summed E-state index contributed by atoms with van der Waals surface area (Å²) in [6.45, 7) is 7.84. The maximum atomic E-state index is 12.8. The Morgan fingerprint density at radius 1 is 1.31 bits per heavy atom. The Morgan fingerprint density at radius 3 is 2.92 bits per heavy atom. The average Bonchev–Trinajstić information content (AvgIpc) is 2.72. The first-order valence-electron chi connectivity index (χ1n) is 10.1. The first-order valence-corrected chi connectivity index (χ1v) is 10.1. The van der Waals surface area contributed by atoms with Crippen LogP contribution in [-0.4, -0.2) is 75.2 Å². The van der Waals surface area contributed by atoms with Gasteiger partial charge in [-0.15, -0.1) is 0 Å². The van der Waals surface area contributed by atoms with Gasteiger partial charge in [-0.25, -0.2) is 0 Å². The van der Waals surface area contributed by atoms with E-state index in [0.717, 1.165) is 70.9 Å². The summed E-state index contributed by atoms with van der Waals surface area (Å²) in [7, 11) is 1.92. The van der Waals surface area contributed by atoms with E-state index in [0.29, 0.717) is 5.92 Å². The third-order valence-electron chi connectivity index (χ3n) is 5.57. The summed E-state index contributed by atoms with van der Waals surface area (Å²) in [6.07, 6.45) is 4.60. The number of hydrogen-bond acceptors (Lipinski definition) is 4. The van der Waals surface area contributed by atoms with E-state index < -0.39 is 0 Å². The fourth-order valence-corrected chi connectivity index (χ4v) is 3.89. The molecule has 0 aliphatic carbocycles. The number of carbonyl (C=O) groups is 1. The lowest BCUT2D eigenvalue weighted by Gasteiger charge is -2.27. The SMILES string of the molecule is CN(CCCCN1CCOCC1)C(=O)c1cccc(C2CCCNC2)c1. The van der Waals surface area contributed by atoms with E-state index in [-0.39, 0.29) is 5.91 Å². The quantitative estimate of drug-likeness (QED) is 0.759. The number of amides is 1. The van der Waals surface area contributed by atoms with Crippen LogP contribution in [-0.2, 0) is 4.74 Å². The molecule has 26 heavy (non-hydrogen) atoms. The number of benzene rings is 1. The van der Waals surface area contributed by atoms with Crippen molar-refractivity contribution in [3.05, 3.63) is 35.4 Å². The second-order valence-electron chi connectivity index (χ2n) is 7.56. The molecule has 2 heterocycles. The zero-order valence-electron chi connectivity index (χ0n) is 16.1. The van der Waals surface area contributed by atoms with Gasteiger partial charge in [0.25, 0.3) is 5.91 Å². The lowest BCUT2D eigenvalue weighted by molar-refractivity contribution is 0.0369. The van der Waals surface area contributed by atoms with Crippen LogP contribution in [0.4, 0.5) is 0 Å². The van der Waals surface area contributed by atoms with E-state index in [4.69, 9.17) is 4.74 Å². The Labute approximate surface area is 157 Å². The van der Waals surface area contributed by atoms with E-state index in [9.17, 15) is 4.79 Å². The number of nitrogens with one attached hydrogen (secondary N) is 1.